The van der Waals surface area contributed by atoms with Crippen molar-refractivity contribution in [2.45, 2.75) is 77.3 Å². The van der Waals surface area contributed by atoms with Gasteiger partial charge in [-0.2, -0.15) is 0 Å². The first-order valence-electron chi connectivity index (χ1n) is 6.89. The molecule has 0 spiro atoms. The summed E-state index contributed by atoms with van der Waals surface area (Å²) in [4.78, 5) is 0. The third-order valence-corrected chi connectivity index (χ3v) is 9.09. The molecule has 0 aromatic carbocycles. The molecule has 0 aliphatic heterocycles. The van der Waals surface area contributed by atoms with Gasteiger partial charge in [-0.1, -0.05) is 34.1 Å². The lowest BCUT2D eigenvalue weighted by Gasteiger charge is -2.44. The van der Waals surface area contributed by atoms with Crippen molar-refractivity contribution >= 4 is 8.32 Å². The Morgan fingerprint density at radius 1 is 1.12 bits per heavy atom. The van der Waals surface area contributed by atoms with Crippen LogP contribution in [0.5, 0.6) is 0 Å². The lowest BCUT2D eigenvalue weighted by Crippen LogP contribution is -2.50. The van der Waals surface area contributed by atoms with Gasteiger partial charge in [0.05, 0.1) is 12.2 Å². The van der Waals surface area contributed by atoms with E-state index in [-0.39, 0.29) is 5.04 Å². The zero-order valence-electron chi connectivity index (χ0n) is 12.7. The Labute approximate surface area is 108 Å². The summed E-state index contributed by atoms with van der Waals surface area (Å²) in [5, 5.41) is 0.280. The second-order valence-electron chi connectivity index (χ2n) is 7.03. The summed E-state index contributed by atoms with van der Waals surface area (Å²) in [5.74, 6) is 0.628. The molecule has 1 aliphatic carbocycles. The molecule has 1 rings (SSSR count). The van der Waals surface area contributed by atoms with Crippen molar-refractivity contribution in [3.05, 3.63) is 0 Å². The van der Waals surface area contributed by atoms with Crippen molar-refractivity contribution in [2.75, 3.05) is 7.11 Å². The van der Waals surface area contributed by atoms with Gasteiger partial charge in [-0.3, -0.25) is 0 Å². The minimum absolute atomic E-state index is 0.280. The first kappa shape index (κ1) is 15.2. The van der Waals surface area contributed by atoms with Crippen LogP contribution < -0.4 is 0 Å². The van der Waals surface area contributed by atoms with Gasteiger partial charge in [0.2, 0.25) is 0 Å². The van der Waals surface area contributed by atoms with Gasteiger partial charge in [0.15, 0.2) is 8.32 Å². The summed E-state index contributed by atoms with van der Waals surface area (Å²) in [6, 6.07) is 0. The Balaban J connectivity index is 2.76. The maximum absolute atomic E-state index is 6.57. The Kier molecular flexibility index (Phi) is 4.84. The van der Waals surface area contributed by atoms with Crippen LogP contribution in [0.3, 0.4) is 0 Å². The maximum atomic E-state index is 6.57. The molecule has 17 heavy (non-hydrogen) atoms. The molecule has 102 valence electrons. The van der Waals surface area contributed by atoms with Crippen LogP contribution in [-0.2, 0) is 9.16 Å². The summed E-state index contributed by atoms with van der Waals surface area (Å²) in [7, 11) is 0.152. The zero-order valence-corrected chi connectivity index (χ0v) is 13.7. The van der Waals surface area contributed by atoms with Crippen LogP contribution in [0, 0.1) is 5.92 Å². The van der Waals surface area contributed by atoms with Crippen molar-refractivity contribution in [1.29, 1.82) is 0 Å². The average molecular weight is 258 g/mol. The Bertz CT molecular complexity index is 245. The van der Waals surface area contributed by atoms with Gasteiger partial charge >= 0.3 is 0 Å². The number of ether oxygens (including phenoxy) is 1. The Morgan fingerprint density at radius 3 is 2.18 bits per heavy atom. The van der Waals surface area contributed by atoms with E-state index < -0.39 is 8.32 Å². The SMILES string of the molecule is CO[C@@H]1CCC[C@H](C)C1O[Si](C)(C)C(C)(C)C. The molecular formula is C14H30O2Si. The van der Waals surface area contributed by atoms with Crippen molar-refractivity contribution in [2.24, 2.45) is 5.92 Å². The van der Waals surface area contributed by atoms with E-state index in [1.54, 1.807) is 0 Å². The lowest BCUT2D eigenvalue weighted by atomic mass is 9.86. The number of rotatable bonds is 3. The third-order valence-electron chi connectivity index (χ3n) is 4.62. The monoisotopic (exact) mass is 258 g/mol. The molecule has 1 unspecified atom stereocenters. The largest absolute Gasteiger partial charge is 0.411 e. The van der Waals surface area contributed by atoms with E-state index in [9.17, 15) is 0 Å². The summed E-state index contributed by atoms with van der Waals surface area (Å²) < 4.78 is 12.2. The molecule has 0 aromatic heterocycles. The average Bonchev–Trinajstić information content (AvgIpc) is 2.19. The fourth-order valence-corrected chi connectivity index (χ4v) is 3.72. The summed E-state index contributed by atoms with van der Waals surface area (Å²) in [6.07, 6.45) is 4.30. The molecule has 0 saturated heterocycles. The minimum atomic E-state index is -1.67. The van der Waals surface area contributed by atoms with E-state index in [4.69, 9.17) is 9.16 Å². The van der Waals surface area contributed by atoms with Crippen LogP contribution in [-0.4, -0.2) is 27.6 Å². The second-order valence-corrected chi connectivity index (χ2v) is 11.8. The third kappa shape index (κ3) is 3.55. The minimum Gasteiger partial charge on any atom is -0.411 e. The molecule has 0 amide bonds. The molecule has 3 atom stereocenters. The highest BCUT2D eigenvalue weighted by Gasteiger charge is 2.43. The Morgan fingerprint density at radius 2 is 1.71 bits per heavy atom. The second kappa shape index (κ2) is 5.41. The van der Waals surface area contributed by atoms with Crippen LogP contribution >= 0.6 is 0 Å². The van der Waals surface area contributed by atoms with Gasteiger partial charge in [0.25, 0.3) is 0 Å². The maximum Gasteiger partial charge on any atom is 0.192 e. The molecule has 1 saturated carbocycles. The fraction of sp³-hybridized carbons (Fsp3) is 1.00. The first-order chi connectivity index (χ1) is 7.69. The standard InChI is InChI=1S/C14H30O2Si/c1-11-9-8-10-12(15-5)13(11)16-17(6,7)14(2,3)4/h11-13H,8-10H2,1-7H3/t11-,12+,13?/m0/s1. The van der Waals surface area contributed by atoms with Crippen molar-refractivity contribution < 1.29 is 9.16 Å². The smallest absolute Gasteiger partial charge is 0.192 e. The molecule has 2 nitrogen and oxygen atoms in total. The Hall–Kier alpha value is 0.137. The number of methoxy groups -OCH3 is 1. The highest BCUT2D eigenvalue weighted by molar-refractivity contribution is 6.74. The molecule has 0 heterocycles. The van der Waals surface area contributed by atoms with Crippen molar-refractivity contribution in [3.8, 4) is 0 Å². The van der Waals surface area contributed by atoms with Gasteiger partial charge in [-0.15, -0.1) is 0 Å². The van der Waals surface area contributed by atoms with Gasteiger partial charge < -0.3 is 9.16 Å². The first-order valence-corrected chi connectivity index (χ1v) is 9.80. The van der Waals surface area contributed by atoms with E-state index in [2.05, 4.69) is 40.8 Å². The molecule has 0 aromatic rings. The predicted octanol–water partition coefficient (Wildman–Crippen LogP) is 4.21. The number of hydrogen-bond donors (Lipinski definition) is 0. The van der Waals surface area contributed by atoms with Crippen LogP contribution in [0.2, 0.25) is 18.1 Å². The van der Waals surface area contributed by atoms with E-state index in [1.807, 2.05) is 7.11 Å². The molecule has 0 N–H and O–H groups in total. The van der Waals surface area contributed by atoms with Gasteiger partial charge in [-0.05, 0) is 36.9 Å². The normalized spacial score (nSPS) is 31.6. The molecule has 1 fully saturated rings. The van der Waals surface area contributed by atoms with Gasteiger partial charge in [0.1, 0.15) is 0 Å². The van der Waals surface area contributed by atoms with Crippen LogP contribution in [0.25, 0.3) is 0 Å². The van der Waals surface area contributed by atoms with Gasteiger partial charge in [-0.25, -0.2) is 0 Å². The van der Waals surface area contributed by atoms with E-state index in [1.165, 1.54) is 12.8 Å². The van der Waals surface area contributed by atoms with E-state index >= 15 is 0 Å². The highest BCUT2D eigenvalue weighted by atomic mass is 28.4. The topological polar surface area (TPSA) is 18.5 Å². The summed E-state index contributed by atoms with van der Waals surface area (Å²) in [6.45, 7) is 13.9. The van der Waals surface area contributed by atoms with E-state index in [0.29, 0.717) is 18.1 Å². The van der Waals surface area contributed by atoms with Crippen LogP contribution in [0.4, 0.5) is 0 Å². The van der Waals surface area contributed by atoms with Crippen LogP contribution in [0.15, 0.2) is 0 Å². The molecule has 0 radical (unpaired) electrons. The van der Waals surface area contributed by atoms with Crippen molar-refractivity contribution in [1.82, 2.24) is 0 Å². The molecule has 1 aliphatic rings. The van der Waals surface area contributed by atoms with Crippen LogP contribution in [0.1, 0.15) is 47.0 Å². The molecule has 3 heteroatoms. The lowest BCUT2D eigenvalue weighted by molar-refractivity contribution is -0.0543. The zero-order chi connectivity index (χ0) is 13.3. The van der Waals surface area contributed by atoms with Crippen molar-refractivity contribution in [3.63, 3.8) is 0 Å². The predicted molar refractivity (Wildman–Crippen MR) is 75.9 cm³/mol. The van der Waals surface area contributed by atoms with E-state index in [0.717, 1.165) is 6.42 Å². The fourth-order valence-electron chi connectivity index (χ4n) is 2.30. The summed E-state index contributed by atoms with van der Waals surface area (Å²) in [5.41, 5.74) is 0. The molecular weight excluding hydrogens is 228 g/mol. The highest BCUT2D eigenvalue weighted by Crippen LogP contribution is 2.40. The molecule has 0 bridgehead atoms. The number of hydrogen-bond acceptors (Lipinski definition) is 2. The van der Waals surface area contributed by atoms with Gasteiger partial charge in [0, 0.05) is 7.11 Å². The quantitative estimate of drug-likeness (QED) is 0.706. The summed E-state index contributed by atoms with van der Waals surface area (Å²) >= 11 is 0.